The predicted octanol–water partition coefficient (Wildman–Crippen LogP) is 0.299. The van der Waals surface area contributed by atoms with E-state index in [0.717, 1.165) is 32.4 Å². The van der Waals surface area contributed by atoms with Crippen LogP contribution in [0.15, 0.2) is 35.2 Å². The van der Waals surface area contributed by atoms with Gasteiger partial charge in [-0.2, -0.15) is 4.72 Å². The molecule has 0 spiro atoms. The van der Waals surface area contributed by atoms with Crippen molar-refractivity contribution >= 4 is 27.8 Å². The number of esters is 1. The minimum Gasteiger partial charge on any atom is -0.465 e. The van der Waals surface area contributed by atoms with Gasteiger partial charge in [0.15, 0.2) is 0 Å². The topological polar surface area (TPSA) is 143 Å². The lowest BCUT2D eigenvalue weighted by molar-refractivity contribution is -0.145. The van der Waals surface area contributed by atoms with Crippen molar-refractivity contribution in [3.05, 3.63) is 30.3 Å². The second kappa shape index (κ2) is 13.9. The van der Waals surface area contributed by atoms with E-state index in [2.05, 4.69) is 20.7 Å². The smallest absolute Gasteiger partial charge is 0.326 e. The van der Waals surface area contributed by atoms with E-state index in [0.29, 0.717) is 12.3 Å². The van der Waals surface area contributed by atoms with Crippen LogP contribution in [0.5, 0.6) is 0 Å². The fraction of sp³-hybridized carbons (Fsp3) is 0.591. The Morgan fingerprint density at radius 3 is 2.39 bits per heavy atom. The lowest BCUT2D eigenvalue weighted by atomic mass is 9.93. The van der Waals surface area contributed by atoms with Gasteiger partial charge in [0.1, 0.15) is 6.04 Å². The number of piperidine rings is 1. The molecule has 0 saturated carbocycles. The summed E-state index contributed by atoms with van der Waals surface area (Å²) in [4.78, 5) is 36.3. The summed E-state index contributed by atoms with van der Waals surface area (Å²) in [6.45, 7) is 3.54. The third-order valence-corrected chi connectivity index (χ3v) is 6.83. The van der Waals surface area contributed by atoms with Gasteiger partial charge in [-0.25, -0.2) is 8.42 Å². The van der Waals surface area contributed by atoms with Gasteiger partial charge in [0.05, 0.1) is 11.5 Å². The van der Waals surface area contributed by atoms with Crippen LogP contribution in [0.1, 0.15) is 39.0 Å². The highest BCUT2D eigenvalue weighted by molar-refractivity contribution is 7.89. The number of hydrogen-bond donors (Lipinski definition) is 4. The molecule has 1 atom stereocenters. The first-order chi connectivity index (χ1) is 15.8. The van der Waals surface area contributed by atoms with Crippen LogP contribution in [0.25, 0.3) is 0 Å². The highest BCUT2D eigenvalue weighted by Gasteiger charge is 2.27. The Kier molecular flexibility index (Phi) is 11.3. The maximum atomic E-state index is 12.5. The van der Waals surface area contributed by atoms with Crippen LogP contribution in [-0.4, -0.2) is 65.0 Å². The van der Waals surface area contributed by atoms with Crippen molar-refractivity contribution in [2.75, 3.05) is 32.8 Å². The average Bonchev–Trinajstić information content (AvgIpc) is 2.81. The molecule has 184 valence electrons. The van der Waals surface area contributed by atoms with Crippen molar-refractivity contribution in [3.8, 4) is 0 Å². The summed E-state index contributed by atoms with van der Waals surface area (Å²) >= 11 is 0. The van der Waals surface area contributed by atoms with E-state index in [9.17, 15) is 22.8 Å². The molecular weight excluding hydrogens is 448 g/mol. The van der Waals surface area contributed by atoms with E-state index in [1.165, 1.54) is 12.1 Å². The summed E-state index contributed by atoms with van der Waals surface area (Å²) in [5.41, 5.74) is 0. The summed E-state index contributed by atoms with van der Waals surface area (Å²) in [6.07, 6.45) is 3.43. The van der Waals surface area contributed by atoms with E-state index >= 15 is 0 Å². The average molecular weight is 483 g/mol. The zero-order valence-corrected chi connectivity index (χ0v) is 19.8. The zero-order chi connectivity index (χ0) is 24.1. The van der Waals surface area contributed by atoms with Crippen molar-refractivity contribution in [1.29, 1.82) is 0 Å². The van der Waals surface area contributed by atoms with Crippen molar-refractivity contribution in [2.45, 2.75) is 50.0 Å². The van der Waals surface area contributed by atoms with Gasteiger partial charge in [-0.15, -0.1) is 0 Å². The standard InChI is InChI=1S/C22H34N4O6S/c1-2-32-22(29)19(26-33(30,31)18-6-4-3-5-7-18)16-25-21(28)12-15-24-20(27)9-8-17-10-13-23-14-11-17/h3-7,17,19,23,26H,2,8-16H2,1H3,(H,24,27)(H,25,28)/t19-/m0/s1. The minimum atomic E-state index is -3.98. The molecule has 11 heteroatoms. The van der Waals surface area contributed by atoms with Crippen LogP contribution in [0.2, 0.25) is 0 Å². The first-order valence-electron chi connectivity index (χ1n) is 11.3. The number of carbonyl (C=O) groups is 3. The number of benzene rings is 1. The maximum Gasteiger partial charge on any atom is 0.326 e. The van der Waals surface area contributed by atoms with Crippen molar-refractivity contribution in [1.82, 2.24) is 20.7 Å². The largest absolute Gasteiger partial charge is 0.465 e. The van der Waals surface area contributed by atoms with Crippen LogP contribution in [0.3, 0.4) is 0 Å². The third kappa shape index (κ3) is 9.89. The number of amides is 2. The number of carbonyl (C=O) groups excluding carboxylic acids is 3. The van der Waals surface area contributed by atoms with E-state index in [-0.39, 0.29) is 36.9 Å². The summed E-state index contributed by atoms with van der Waals surface area (Å²) in [5, 5.41) is 8.55. The van der Waals surface area contributed by atoms with Crippen molar-refractivity contribution < 1.29 is 27.5 Å². The zero-order valence-electron chi connectivity index (χ0n) is 19.0. The monoisotopic (exact) mass is 482 g/mol. The Labute approximate surface area is 195 Å². The molecule has 1 aromatic rings. The van der Waals surface area contributed by atoms with Gasteiger partial charge in [-0.1, -0.05) is 18.2 Å². The number of nitrogens with one attached hydrogen (secondary N) is 4. The molecule has 0 radical (unpaired) electrons. The molecule has 1 fully saturated rings. The van der Waals surface area contributed by atoms with Gasteiger partial charge < -0.3 is 20.7 Å². The van der Waals surface area contributed by atoms with E-state index in [1.54, 1.807) is 25.1 Å². The van der Waals surface area contributed by atoms with Crippen LogP contribution < -0.4 is 20.7 Å². The normalized spacial score (nSPS) is 15.4. The van der Waals surface area contributed by atoms with Crippen LogP contribution in [0.4, 0.5) is 0 Å². The van der Waals surface area contributed by atoms with Gasteiger partial charge in [0, 0.05) is 25.9 Å². The van der Waals surface area contributed by atoms with Gasteiger partial charge in [0.25, 0.3) is 0 Å². The molecule has 1 heterocycles. The minimum absolute atomic E-state index is 0.00201. The summed E-state index contributed by atoms with van der Waals surface area (Å²) in [7, 11) is -3.98. The molecule has 0 aliphatic carbocycles. The fourth-order valence-corrected chi connectivity index (χ4v) is 4.69. The molecular formula is C22H34N4O6S. The Hall–Kier alpha value is -2.50. The third-order valence-electron chi connectivity index (χ3n) is 5.34. The Balaban J connectivity index is 1.76. The highest BCUT2D eigenvalue weighted by Crippen LogP contribution is 2.17. The Morgan fingerprint density at radius 1 is 1.06 bits per heavy atom. The number of hydrogen-bond acceptors (Lipinski definition) is 7. The van der Waals surface area contributed by atoms with Crippen molar-refractivity contribution in [3.63, 3.8) is 0 Å². The predicted molar refractivity (Wildman–Crippen MR) is 123 cm³/mol. The number of sulfonamides is 1. The second-order valence-electron chi connectivity index (χ2n) is 7.88. The van der Waals surface area contributed by atoms with Gasteiger partial charge >= 0.3 is 5.97 Å². The molecule has 2 rings (SSSR count). The first-order valence-corrected chi connectivity index (χ1v) is 12.8. The van der Waals surface area contributed by atoms with Gasteiger partial charge in [-0.3, -0.25) is 14.4 Å². The quantitative estimate of drug-likeness (QED) is 0.296. The number of ether oxygens (including phenoxy) is 1. The molecule has 0 bridgehead atoms. The molecule has 4 N–H and O–H groups in total. The van der Waals surface area contributed by atoms with Gasteiger partial charge in [-0.05, 0) is 57.3 Å². The fourth-order valence-electron chi connectivity index (χ4n) is 3.48. The SMILES string of the molecule is CCOC(=O)[C@H](CNC(=O)CCNC(=O)CCC1CCNCC1)NS(=O)(=O)c1ccccc1. The summed E-state index contributed by atoms with van der Waals surface area (Å²) < 4.78 is 32.3. The highest BCUT2D eigenvalue weighted by atomic mass is 32.2. The van der Waals surface area contributed by atoms with Crippen LogP contribution in [-0.2, 0) is 29.1 Å². The first kappa shape index (κ1) is 26.7. The van der Waals surface area contributed by atoms with Crippen LogP contribution >= 0.6 is 0 Å². The van der Waals surface area contributed by atoms with E-state index in [1.807, 2.05) is 0 Å². The second-order valence-corrected chi connectivity index (χ2v) is 9.59. The molecule has 10 nitrogen and oxygen atoms in total. The number of rotatable bonds is 13. The summed E-state index contributed by atoms with van der Waals surface area (Å²) in [5.74, 6) is -0.744. The summed E-state index contributed by atoms with van der Waals surface area (Å²) in [6, 6.07) is 6.33. The Bertz CT molecular complexity index is 872. The molecule has 0 aromatic heterocycles. The van der Waals surface area contributed by atoms with E-state index in [4.69, 9.17) is 4.74 Å². The molecule has 1 aliphatic heterocycles. The molecule has 1 saturated heterocycles. The molecule has 2 amide bonds. The van der Waals surface area contributed by atoms with Gasteiger partial charge in [0.2, 0.25) is 21.8 Å². The Morgan fingerprint density at radius 2 is 1.73 bits per heavy atom. The molecule has 0 unspecified atom stereocenters. The van der Waals surface area contributed by atoms with Crippen LogP contribution in [0, 0.1) is 5.92 Å². The lowest BCUT2D eigenvalue weighted by Crippen LogP contribution is -2.49. The molecule has 33 heavy (non-hydrogen) atoms. The maximum absolute atomic E-state index is 12.5. The molecule has 1 aromatic carbocycles. The lowest BCUT2D eigenvalue weighted by Gasteiger charge is -2.22. The van der Waals surface area contributed by atoms with E-state index < -0.39 is 27.9 Å². The van der Waals surface area contributed by atoms with Crippen molar-refractivity contribution in [2.24, 2.45) is 5.92 Å². The molecule has 1 aliphatic rings.